The molecular weight excluding hydrogens is 478 g/mol. The van der Waals surface area contributed by atoms with Crippen LogP contribution in [0.15, 0.2) is 53.4 Å². The summed E-state index contributed by atoms with van der Waals surface area (Å²) in [7, 11) is -2.15. The second kappa shape index (κ2) is 10.9. The molecule has 1 N–H and O–H groups in total. The number of methoxy groups -OCH3 is 1. The van der Waals surface area contributed by atoms with Crippen LogP contribution in [0.25, 0.3) is 10.9 Å². The number of para-hydroxylation sites is 1. The van der Waals surface area contributed by atoms with Crippen LogP contribution in [0.3, 0.4) is 0 Å². The number of hydrogen-bond acceptors (Lipinski definition) is 8. The van der Waals surface area contributed by atoms with Gasteiger partial charge < -0.3 is 10.1 Å². The minimum absolute atomic E-state index is 0.00180. The fraction of sp³-hybridized carbons (Fsp3) is 0.423. The van der Waals surface area contributed by atoms with Crippen molar-refractivity contribution in [3.05, 3.63) is 59.9 Å². The molecule has 192 valence electrons. The van der Waals surface area contributed by atoms with Gasteiger partial charge in [-0.1, -0.05) is 38.1 Å². The molecule has 1 aliphatic heterocycles. The molecule has 2 aromatic carbocycles. The lowest BCUT2D eigenvalue weighted by atomic mass is 10.0. The Balaban J connectivity index is 1.51. The van der Waals surface area contributed by atoms with Crippen LogP contribution in [0.2, 0.25) is 0 Å². The van der Waals surface area contributed by atoms with Crippen molar-refractivity contribution in [3.63, 3.8) is 0 Å². The molecule has 0 unspecified atom stereocenters. The highest BCUT2D eigenvalue weighted by atomic mass is 32.2. The predicted octanol–water partition coefficient (Wildman–Crippen LogP) is 3.05. The van der Waals surface area contributed by atoms with Gasteiger partial charge in [0.25, 0.3) is 0 Å². The number of piperazine rings is 1. The number of nitrogens with zero attached hydrogens (tertiary/aromatic N) is 4. The maximum Gasteiger partial charge on any atom is 0.328 e. The summed E-state index contributed by atoms with van der Waals surface area (Å²) in [5.41, 5.74) is 1.69. The molecule has 1 aliphatic rings. The summed E-state index contributed by atoms with van der Waals surface area (Å²) in [6.45, 7) is 8.19. The summed E-state index contributed by atoms with van der Waals surface area (Å²) in [4.78, 5) is 24.3. The van der Waals surface area contributed by atoms with E-state index in [9.17, 15) is 13.2 Å². The Kier molecular flexibility index (Phi) is 7.87. The minimum atomic E-state index is -3.53. The van der Waals surface area contributed by atoms with Gasteiger partial charge in [0.05, 0.1) is 24.1 Å². The standard InChI is InChI=1S/C26H33N5O4S/c1-18(2)24(26(32)35-4)29-25-21-10-5-6-11-22(21)27-23(28-25)17-30-12-14-31(15-13-30)36(33,34)20-9-7-8-19(3)16-20/h5-11,16,18,24H,12-15,17H2,1-4H3,(H,27,28,29)/t24-/m0/s1. The quantitative estimate of drug-likeness (QED) is 0.460. The Hall–Kier alpha value is -3.08. The molecule has 0 bridgehead atoms. The molecular formula is C26H33N5O4S. The van der Waals surface area contributed by atoms with Crippen molar-refractivity contribution in [2.75, 3.05) is 38.6 Å². The number of carbonyl (C=O) groups excluding carboxylic acids is 1. The lowest BCUT2D eigenvalue weighted by Crippen LogP contribution is -2.48. The van der Waals surface area contributed by atoms with Crippen LogP contribution < -0.4 is 5.32 Å². The van der Waals surface area contributed by atoms with E-state index in [-0.39, 0.29) is 11.9 Å². The van der Waals surface area contributed by atoms with E-state index in [1.54, 1.807) is 18.2 Å². The average molecular weight is 512 g/mol. The van der Waals surface area contributed by atoms with Gasteiger partial charge in [-0.3, -0.25) is 4.90 Å². The van der Waals surface area contributed by atoms with Crippen LogP contribution in [0.4, 0.5) is 5.82 Å². The number of esters is 1. The SMILES string of the molecule is COC(=O)[C@@H](Nc1nc(CN2CCN(S(=O)(=O)c3cccc(C)c3)CC2)nc2ccccc12)C(C)C. The second-order valence-electron chi connectivity index (χ2n) is 9.39. The smallest absolute Gasteiger partial charge is 0.328 e. The zero-order valence-corrected chi connectivity index (χ0v) is 22.0. The fourth-order valence-corrected chi connectivity index (χ4v) is 5.86. The molecule has 0 aliphatic carbocycles. The van der Waals surface area contributed by atoms with E-state index in [0.29, 0.717) is 49.3 Å². The van der Waals surface area contributed by atoms with E-state index >= 15 is 0 Å². The normalized spacial score (nSPS) is 16.2. The molecule has 0 amide bonds. The van der Waals surface area contributed by atoms with Crippen LogP contribution in [-0.2, 0) is 26.1 Å². The summed E-state index contributed by atoms with van der Waals surface area (Å²) in [6, 6.07) is 14.1. The third kappa shape index (κ3) is 5.66. The summed E-state index contributed by atoms with van der Waals surface area (Å²) in [5, 5.41) is 4.09. The second-order valence-corrected chi connectivity index (χ2v) is 11.3. The maximum atomic E-state index is 13.1. The van der Waals surface area contributed by atoms with Crippen molar-refractivity contribution in [1.82, 2.24) is 19.2 Å². The molecule has 9 nitrogen and oxygen atoms in total. The first-order valence-corrected chi connectivity index (χ1v) is 13.5. The number of anilines is 1. The number of nitrogens with one attached hydrogen (secondary N) is 1. The summed E-state index contributed by atoms with van der Waals surface area (Å²) >= 11 is 0. The van der Waals surface area contributed by atoms with Gasteiger partial charge in [-0.25, -0.2) is 23.2 Å². The Labute approximate surface area is 212 Å². The fourth-order valence-electron chi connectivity index (χ4n) is 4.33. The summed E-state index contributed by atoms with van der Waals surface area (Å²) in [5.74, 6) is 0.845. The highest BCUT2D eigenvalue weighted by Gasteiger charge is 2.29. The van der Waals surface area contributed by atoms with Crippen LogP contribution in [0.5, 0.6) is 0 Å². The van der Waals surface area contributed by atoms with Crippen molar-refractivity contribution in [2.45, 2.75) is 38.3 Å². The zero-order chi connectivity index (χ0) is 25.9. The molecule has 1 aromatic heterocycles. The maximum absolute atomic E-state index is 13.1. The Morgan fingerprint density at radius 3 is 2.44 bits per heavy atom. The van der Waals surface area contributed by atoms with Gasteiger partial charge in [0.2, 0.25) is 10.0 Å². The van der Waals surface area contributed by atoms with E-state index in [1.165, 1.54) is 11.4 Å². The van der Waals surface area contributed by atoms with E-state index in [1.807, 2.05) is 51.1 Å². The van der Waals surface area contributed by atoms with Gasteiger partial charge in [0.15, 0.2) is 0 Å². The van der Waals surface area contributed by atoms with E-state index < -0.39 is 16.1 Å². The summed E-state index contributed by atoms with van der Waals surface area (Å²) in [6.07, 6.45) is 0. The monoisotopic (exact) mass is 511 g/mol. The Bertz CT molecular complexity index is 1340. The van der Waals surface area contributed by atoms with Crippen molar-refractivity contribution in [1.29, 1.82) is 0 Å². The van der Waals surface area contributed by atoms with Crippen LogP contribution in [-0.4, -0.2) is 72.9 Å². The topological polar surface area (TPSA) is 105 Å². The van der Waals surface area contributed by atoms with E-state index in [2.05, 4.69) is 10.2 Å². The first-order valence-electron chi connectivity index (χ1n) is 12.1. The molecule has 1 atom stereocenters. The number of rotatable bonds is 8. The molecule has 0 saturated carbocycles. The van der Waals surface area contributed by atoms with Gasteiger partial charge in [0.1, 0.15) is 17.7 Å². The van der Waals surface area contributed by atoms with Crippen molar-refractivity contribution in [2.24, 2.45) is 5.92 Å². The zero-order valence-electron chi connectivity index (χ0n) is 21.1. The van der Waals surface area contributed by atoms with Gasteiger partial charge in [0, 0.05) is 31.6 Å². The highest BCUT2D eigenvalue weighted by molar-refractivity contribution is 7.89. The van der Waals surface area contributed by atoms with Gasteiger partial charge in [-0.05, 0) is 42.7 Å². The largest absolute Gasteiger partial charge is 0.467 e. The van der Waals surface area contributed by atoms with Crippen LogP contribution in [0, 0.1) is 12.8 Å². The molecule has 10 heteroatoms. The van der Waals surface area contributed by atoms with Gasteiger partial charge in [-0.2, -0.15) is 4.31 Å². The number of hydrogen-bond donors (Lipinski definition) is 1. The lowest BCUT2D eigenvalue weighted by Gasteiger charge is -2.33. The van der Waals surface area contributed by atoms with Crippen LogP contribution in [0.1, 0.15) is 25.2 Å². The third-order valence-corrected chi connectivity index (χ3v) is 8.28. The number of carbonyl (C=O) groups is 1. The van der Waals surface area contributed by atoms with Crippen molar-refractivity contribution >= 4 is 32.7 Å². The lowest BCUT2D eigenvalue weighted by molar-refractivity contribution is -0.142. The molecule has 4 rings (SSSR count). The van der Waals surface area contributed by atoms with Crippen molar-refractivity contribution < 1.29 is 17.9 Å². The highest BCUT2D eigenvalue weighted by Crippen LogP contribution is 2.24. The average Bonchev–Trinajstić information content (AvgIpc) is 2.87. The number of fused-ring (bicyclic) bond motifs is 1. The predicted molar refractivity (Wildman–Crippen MR) is 139 cm³/mol. The molecule has 1 saturated heterocycles. The molecule has 2 heterocycles. The first-order chi connectivity index (χ1) is 17.2. The Morgan fingerprint density at radius 1 is 1.06 bits per heavy atom. The number of aryl methyl sites for hydroxylation is 1. The number of sulfonamides is 1. The summed E-state index contributed by atoms with van der Waals surface area (Å²) < 4.78 is 32.7. The minimum Gasteiger partial charge on any atom is -0.467 e. The van der Waals surface area contributed by atoms with Gasteiger partial charge >= 0.3 is 5.97 Å². The number of aromatic nitrogens is 2. The number of ether oxygens (including phenoxy) is 1. The molecule has 0 radical (unpaired) electrons. The van der Waals surface area contributed by atoms with E-state index in [4.69, 9.17) is 14.7 Å². The van der Waals surface area contributed by atoms with Crippen LogP contribution >= 0.6 is 0 Å². The van der Waals surface area contributed by atoms with E-state index in [0.717, 1.165) is 16.5 Å². The third-order valence-electron chi connectivity index (χ3n) is 6.39. The first kappa shape index (κ1) is 26.0. The van der Waals surface area contributed by atoms with Crippen molar-refractivity contribution in [3.8, 4) is 0 Å². The molecule has 1 fully saturated rings. The number of benzene rings is 2. The molecule has 0 spiro atoms. The van der Waals surface area contributed by atoms with Gasteiger partial charge in [-0.15, -0.1) is 0 Å². The molecule has 3 aromatic rings. The Morgan fingerprint density at radius 2 is 1.78 bits per heavy atom. The molecule has 36 heavy (non-hydrogen) atoms.